The van der Waals surface area contributed by atoms with Gasteiger partial charge in [0.05, 0.1) is 26.0 Å². The molecule has 2 aromatic heterocycles. The standard InChI is InChI=1S/C20H28N6O2/c1-4-6-9-22-19-18-17(23-20(21)24-19)15(5-2)25-26(18)11-14-8-7-13(12-27)10-16(14)28-3/h7-8,10,27H,4-6,9,11-12H2,1-3H3,(H3,21,22,23,24). The van der Waals surface area contributed by atoms with Crippen LogP contribution in [0.25, 0.3) is 11.0 Å². The highest BCUT2D eigenvalue weighted by molar-refractivity contribution is 5.88. The summed E-state index contributed by atoms with van der Waals surface area (Å²) >= 11 is 0. The predicted molar refractivity (Wildman–Crippen MR) is 111 cm³/mol. The third kappa shape index (κ3) is 4.01. The lowest BCUT2D eigenvalue weighted by atomic mass is 10.1. The molecule has 0 saturated carbocycles. The van der Waals surface area contributed by atoms with Gasteiger partial charge in [0.2, 0.25) is 5.95 Å². The van der Waals surface area contributed by atoms with Gasteiger partial charge >= 0.3 is 0 Å². The first-order valence-electron chi connectivity index (χ1n) is 9.64. The number of anilines is 2. The lowest BCUT2D eigenvalue weighted by Gasteiger charge is -2.13. The van der Waals surface area contributed by atoms with E-state index in [1.54, 1.807) is 7.11 Å². The fraction of sp³-hybridized carbons (Fsp3) is 0.450. The quantitative estimate of drug-likeness (QED) is 0.486. The number of nitrogens with two attached hydrogens (primary N) is 1. The Morgan fingerprint density at radius 2 is 2.07 bits per heavy atom. The molecule has 8 nitrogen and oxygen atoms in total. The fourth-order valence-electron chi connectivity index (χ4n) is 3.20. The Morgan fingerprint density at radius 3 is 2.75 bits per heavy atom. The molecule has 0 aliphatic carbocycles. The summed E-state index contributed by atoms with van der Waals surface area (Å²) in [5.74, 6) is 1.66. The Kier molecular flexibility index (Phi) is 6.30. The van der Waals surface area contributed by atoms with Gasteiger partial charge in [-0.25, -0.2) is 4.98 Å². The van der Waals surface area contributed by atoms with Crippen LogP contribution in [0.4, 0.5) is 11.8 Å². The first-order chi connectivity index (χ1) is 13.6. The molecular formula is C20H28N6O2. The highest BCUT2D eigenvalue weighted by Gasteiger charge is 2.18. The summed E-state index contributed by atoms with van der Waals surface area (Å²) in [5, 5.41) is 17.5. The predicted octanol–water partition coefficient (Wildman–Crippen LogP) is 2.73. The summed E-state index contributed by atoms with van der Waals surface area (Å²) in [6.45, 7) is 5.48. The Morgan fingerprint density at radius 1 is 1.25 bits per heavy atom. The molecule has 8 heteroatoms. The summed E-state index contributed by atoms with van der Waals surface area (Å²) in [7, 11) is 1.63. The van der Waals surface area contributed by atoms with Crippen LogP contribution in [0.2, 0.25) is 0 Å². The molecule has 0 fully saturated rings. The minimum Gasteiger partial charge on any atom is -0.496 e. The van der Waals surface area contributed by atoms with E-state index in [2.05, 4.69) is 22.2 Å². The van der Waals surface area contributed by atoms with Crippen LogP contribution in [0.3, 0.4) is 0 Å². The van der Waals surface area contributed by atoms with E-state index in [0.717, 1.165) is 53.7 Å². The van der Waals surface area contributed by atoms with Crippen molar-refractivity contribution < 1.29 is 9.84 Å². The Hall–Kier alpha value is -2.87. The van der Waals surface area contributed by atoms with E-state index in [1.165, 1.54) is 0 Å². The lowest BCUT2D eigenvalue weighted by Crippen LogP contribution is -2.10. The van der Waals surface area contributed by atoms with E-state index in [4.69, 9.17) is 15.6 Å². The average Bonchev–Trinajstić information content (AvgIpc) is 3.05. The Labute approximate surface area is 164 Å². The van der Waals surface area contributed by atoms with E-state index in [1.807, 2.05) is 29.8 Å². The molecule has 0 unspecified atom stereocenters. The minimum absolute atomic E-state index is 0.0278. The molecule has 4 N–H and O–H groups in total. The number of rotatable bonds is 9. The van der Waals surface area contributed by atoms with Crippen molar-refractivity contribution >= 4 is 22.8 Å². The van der Waals surface area contributed by atoms with Crippen molar-refractivity contribution in [1.29, 1.82) is 0 Å². The first kappa shape index (κ1) is 19.9. The number of hydrogen-bond acceptors (Lipinski definition) is 7. The van der Waals surface area contributed by atoms with E-state index in [0.29, 0.717) is 18.1 Å². The van der Waals surface area contributed by atoms with Crippen LogP contribution in [0.15, 0.2) is 18.2 Å². The lowest BCUT2D eigenvalue weighted by molar-refractivity contribution is 0.281. The molecular weight excluding hydrogens is 356 g/mol. The summed E-state index contributed by atoms with van der Waals surface area (Å²) in [5.41, 5.74) is 10.2. The third-order valence-corrected chi connectivity index (χ3v) is 4.69. The van der Waals surface area contributed by atoms with Gasteiger partial charge in [-0.2, -0.15) is 10.1 Å². The highest BCUT2D eigenvalue weighted by Crippen LogP contribution is 2.28. The van der Waals surface area contributed by atoms with Crippen molar-refractivity contribution in [3.8, 4) is 5.75 Å². The summed E-state index contributed by atoms with van der Waals surface area (Å²) < 4.78 is 7.42. The summed E-state index contributed by atoms with van der Waals surface area (Å²) in [6.07, 6.45) is 2.87. The van der Waals surface area contributed by atoms with Crippen molar-refractivity contribution in [3.05, 3.63) is 35.0 Å². The number of unbranched alkanes of at least 4 members (excludes halogenated alkanes) is 1. The number of aliphatic hydroxyl groups is 1. The van der Waals surface area contributed by atoms with E-state index in [9.17, 15) is 5.11 Å². The molecule has 0 amide bonds. The Balaban J connectivity index is 2.07. The largest absolute Gasteiger partial charge is 0.496 e. The number of benzene rings is 1. The molecule has 0 atom stereocenters. The van der Waals surface area contributed by atoms with E-state index in [-0.39, 0.29) is 12.6 Å². The molecule has 150 valence electrons. The number of hydrogen-bond donors (Lipinski definition) is 3. The number of nitrogens with one attached hydrogen (secondary N) is 1. The zero-order valence-electron chi connectivity index (χ0n) is 16.7. The van der Waals surface area contributed by atoms with Crippen LogP contribution < -0.4 is 15.8 Å². The number of aromatic nitrogens is 4. The maximum atomic E-state index is 9.37. The number of aryl methyl sites for hydroxylation is 1. The molecule has 3 rings (SSSR count). The van der Waals surface area contributed by atoms with Crippen molar-refractivity contribution in [2.75, 3.05) is 24.7 Å². The van der Waals surface area contributed by atoms with Crippen molar-refractivity contribution in [3.63, 3.8) is 0 Å². The fourth-order valence-corrected chi connectivity index (χ4v) is 3.20. The highest BCUT2D eigenvalue weighted by atomic mass is 16.5. The molecule has 0 spiro atoms. The van der Waals surface area contributed by atoms with Crippen LogP contribution in [-0.4, -0.2) is 38.5 Å². The van der Waals surface area contributed by atoms with Crippen molar-refractivity contribution in [1.82, 2.24) is 19.7 Å². The van der Waals surface area contributed by atoms with Crippen LogP contribution in [-0.2, 0) is 19.6 Å². The molecule has 3 aromatic rings. The summed E-state index contributed by atoms with van der Waals surface area (Å²) in [6, 6.07) is 5.68. The van der Waals surface area contributed by atoms with Gasteiger partial charge in [-0.3, -0.25) is 4.68 Å². The molecule has 0 radical (unpaired) electrons. The second-order valence-corrected chi connectivity index (χ2v) is 6.67. The summed E-state index contributed by atoms with van der Waals surface area (Å²) in [4.78, 5) is 8.87. The van der Waals surface area contributed by atoms with Gasteiger partial charge in [0.15, 0.2) is 5.82 Å². The maximum Gasteiger partial charge on any atom is 0.222 e. The van der Waals surface area contributed by atoms with Crippen LogP contribution >= 0.6 is 0 Å². The number of methoxy groups -OCH3 is 1. The van der Waals surface area contributed by atoms with Gasteiger partial charge in [-0.1, -0.05) is 32.4 Å². The second kappa shape index (κ2) is 8.88. The molecule has 2 heterocycles. The third-order valence-electron chi connectivity index (χ3n) is 4.69. The maximum absolute atomic E-state index is 9.37. The zero-order chi connectivity index (χ0) is 20.1. The van der Waals surface area contributed by atoms with Gasteiger partial charge in [0.25, 0.3) is 0 Å². The SMILES string of the molecule is CCCCNc1nc(N)nc2c(CC)nn(Cc3ccc(CO)cc3OC)c12. The van der Waals surface area contributed by atoms with Crippen LogP contribution in [0.1, 0.15) is 43.5 Å². The zero-order valence-corrected chi connectivity index (χ0v) is 16.7. The van der Waals surface area contributed by atoms with Gasteiger partial charge in [-0.15, -0.1) is 0 Å². The monoisotopic (exact) mass is 384 g/mol. The normalized spacial score (nSPS) is 11.1. The first-order valence-corrected chi connectivity index (χ1v) is 9.64. The Bertz CT molecular complexity index is 954. The smallest absolute Gasteiger partial charge is 0.222 e. The molecule has 28 heavy (non-hydrogen) atoms. The number of ether oxygens (including phenoxy) is 1. The molecule has 0 aliphatic heterocycles. The average molecular weight is 384 g/mol. The van der Waals surface area contributed by atoms with Crippen molar-refractivity contribution in [2.45, 2.75) is 46.3 Å². The molecule has 0 bridgehead atoms. The van der Waals surface area contributed by atoms with E-state index >= 15 is 0 Å². The number of fused-ring (bicyclic) bond motifs is 1. The molecule has 0 saturated heterocycles. The van der Waals surface area contributed by atoms with Crippen molar-refractivity contribution in [2.24, 2.45) is 0 Å². The van der Waals surface area contributed by atoms with Gasteiger partial charge in [0, 0.05) is 12.1 Å². The number of nitrogen functional groups attached to an aromatic ring is 1. The molecule has 1 aromatic carbocycles. The van der Waals surface area contributed by atoms with Gasteiger partial charge < -0.3 is 20.9 Å². The topological polar surface area (TPSA) is 111 Å². The van der Waals surface area contributed by atoms with E-state index < -0.39 is 0 Å². The van der Waals surface area contributed by atoms with Crippen LogP contribution in [0, 0.1) is 0 Å². The van der Waals surface area contributed by atoms with Gasteiger partial charge in [-0.05, 0) is 24.5 Å². The molecule has 0 aliphatic rings. The van der Waals surface area contributed by atoms with Crippen LogP contribution in [0.5, 0.6) is 5.75 Å². The number of aliphatic hydroxyl groups excluding tert-OH is 1. The minimum atomic E-state index is -0.0278. The second-order valence-electron chi connectivity index (χ2n) is 6.67. The number of nitrogens with zero attached hydrogens (tertiary/aromatic N) is 4. The van der Waals surface area contributed by atoms with Gasteiger partial charge in [0.1, 0.15) is 16.8 Å².